The van der Waals surface area contributed by atoms with Crippen molar-refractivity contribution in [3.8, 4) is 0 Å². The molecule has 0 aromatic heterocycles. The SMILES string of the molecule is O=C1CN(CCO)C(=O)N1. The van der Waals surface area contributed by atoms with Crippen LogP contribution in [0.25, 0.3) is 0 Å². The minimum atomic E-state index is -0.418. The van der Waals surface area contributed by atoms with Gasteiger partial charge in [-0.2, -0.15) is 0 Å². The van der Waals surface area contributed by atoms with E-state index in [2.05, 4.69) is 5.32 Å². The molecule has 2 N–H and O–H groups in total. The number of urea groups is 1. The molecule has 10 heavy (non-hydrogen) atoms. The van der Waals surface area contributed by atoms with Gasteiger partial charge in [-0.15, -0.1) is 0 Å². The number of carbonyl (C=O) groups excluding carboxylic acids is 2. The van der Waals surface area contributed by atoms with Crippen molar-refractivity contribution in [2.45, 2.75) is 0 Å². The smallest absolute Gasteiger partial charge is 0.324 e. The Kier molecular flexibility index (Phi) is 1.86. The summed E-state index contributed by atoms with van der Waals surface area (Å²) in [5.41, 5.74) is 0. The van der Waals surface area contributed by atoms with Crippen molar-refractivity contribution in [2.75, 3.05) is 19.7 Å². The number of β-amino-alcohol motifs (C(OH)–C–C–N with tert-alkyl or cyclic N) is 1. The summed E-state index contributed by atoms with van der Waals surface area (Å²) in [5.74, 6) is -0.307. The number of amides is 3. The Morgan fingerprint density at radius 1 is 1.60 bits per heavy atom. The molecule has 1 saturated heterocycles. The zero-order chi connectivity index (χ0) is 7.56. The molecule has 0 aromatic rings. The van der Waals surface area contributed by atoms with Gasteiger partial charge in [0, 0.05) is 6.54 Å². The van der Waals surface area contributed by atoms with E-state index in [-0.39, 0.29) is 25.6 Å². The summed E-state index contributed by atoms with van der Waals surface area (Å²) in [6.45, 7) is 0.178. The fraction of sp³-hybridized carbons (Fsp3) is 0.600. The van der Waals surface area contributed by atoms with Crippen molar-refractivity contribution in [2.24, 2.45) is 0 Å². The van der Waals surface area contributed by atoms with Gasteiger partial charge in [0.25, 0.3) is 0 Å². The normalized spacial score (nSPS) is 17.9. The first kappa shape index (κ1) is 7.01. The fourth-order valence-electron chi connectivity index (χ4n) is 0.784. The van der Waals surface area contributed by atoms with Crippen molar-refractivity contribution in [1.82, 2.24) is 10.2 Å². The van der Waals surface area contributed by atoms with Crippen molar-refractivity contribution in [3.63, 3.8) is 0 Å². The molecule has 0 spiro atoms. The summed E-state index contributed by atoms with van der Waals surface area (Å²) in [4.78, 5) is 22.4. The summed E-state index contributed by atoms with van der Waals surface area (Å²) in [6, 6.07) is -0.418. The van der Waals surface area contributed by atoms with E-state index in [1.54, 1.807) is 0 Å². The van der Waals surface area contributed by atoms with Crippen molar-refractivity contribution < 1.29 is 14.7 Å². The van der Waals surface area contributed by atoms with E-state index in [0.29, 0.717) is 0 Å². The van der Waals surface area contributed by atoms with Crippen LogP contribution in [0, 0.1) is 0 Å². The maximum Gasteiger partial charge on any atom is 0.324 e. The van der Waals surface area contributed by atoms with Crippen LogP contribution >= 0.6 is 0 Å². The van der Waals surface area contributed by atoms with Crippen LogP contribution in [-0.2, 0) is 4.79 Å². The summed E-state index contributed by atoms with van der Waals surface area (Å²) >= 11 is 0. The van der Waals surface area contributed by atoms with Crippen LogP contribution in [0.5, 0.6) is 0 Å². The third-order valence-electron chi connectivity index (χ3n) is 1.24. The number of imide groups is 1. The predicted octanol–water partition coefficient (Wildman–Crippen LogP) is -1.47. The minimum Gasteiger partial charge on any atom is -0.395 e. The fourth-order valence-corrected chi connectivity index (χ4v) is 0.784. The molecular weight excluding hydrogens is 136 g/mol. The lowest BCUT2D eigenvalue weighted by Crippen LogP contribution is -2.30. The van der Waals surface area contributed by atoms with E-state index in [9.17, 15) is 9.59 Å². The third kappa shape index (κ3) is 1.24. The van der Waals surface area contributed by atoms with Crippen molar-refractivity contribution in [1.29, 1.82) is 0 Å². The third-order valence-corrected chi connectivity index (χ3v) is 1.24. The van der Waals surface area contributed by atoms with Gasteiger partial charge in [-0.25, -0.2) is 4.79 Å². The number of aliphatic hydroxyl groups is 1. The lowest BCUT2D eigenvalue weighted by atomic mass is 10.5. The topological polar surface area (TPSA) is 69.6 Å². The Labute approximate surface area is 57.6 Å². The Bertz CT molecular complexity index is 168. The average molecular weight is 144 g/mol. The molecule has 5 nitrogen and oxygen atoms in total. The zero-order valence-corrected chi connectivity index (χ0v) is 5.33. The van der Waals surface area contributed by atoms with E-state index in [4.69, 9.17) is 5.11 Å². The quantitative estimate of drug-likeness (QED) is 0.465. The molecule has 3 amide bonds. The first-order valence-electron chi connectivity index (χ1n) is 2.93. The molecule has 1 rings (SSSR count). The molecule has 1 fully saturated rings. The second kappa shape index (κ2) is 2.66. The number of hydrogen-bond acceptors (Lipinski definition) is 3. The largest absolute Gasteiger partial charge is 0.395 e. The molecule has 0 saturated carbocycles. The van der Waals surface area contributed by atoms with Crippen LogP contribution in [0.3, 0.4) is 0 Å². The highest BCUT2D eigenvalue weighted by Crippen LogP contribution is 1.95. The van der Waals surface area contributed by atoms with Crippen molar-refractivity contribution >= 4 is 11.9 Å². The maximum atomic E-state index is 10.7. The van der Waals surface area contributed by atoms with E-state index in [1.807, 2.05) is 0 Å². The van der Waals surface area contributed by atoms with Gasteiger partial charge < -0.3 is 10.0 Å². The molecule has 5 heteroatoms. The molecule has 0 aromatic carbocycles. The summed E-state index contributed by atoms with van der Waals surface area (Å²) < 4.78 is 0. The van der Waals surface area contributed by atoms with Crippen LogP contribution in [0.2, 0.25) is 0 Å². The highest BCUT2D eigenvalue weighted by molar-refractivity contribution is 6.01. The molecule has 0 bridgehead atoms. The average Bonchev–Trinajstić information content (AvgIpc) is 2.13. The highest BCUT2D eigenvalue weighted by Gasteiger charge is 2.25. The van der Waals surface area contributed by atoms with Gasteiger partial charge in [0.05, 0.1) is 6.61 Å². The number of rotatable bonds is 2. The Balaban J connectivity index is 2.46. The van der Waals surface area contributed by atoms with E-state index < -0.39 is 6.03 Å². The van der Waals surface area contributed by atoms with Gasteiger partial charge in [0.15, 0.2) is 0 Å². The number of aliphatic hydroxyl groups excluding tert-OH is 1. The van der Waals surface area contributed by atoms with Gasteiger partial charge in [-0.1, -0.05) is 0 Å². The van der Waals surface area contributed by atoms with E-state index in [0.717, 1.165) is 0 Å². The Morgan fingerprint density at radius 2 is 2.30 bits per heavy atom. The van der Waals surface area contributed by atoms with E-state index in [1.165, 1.54) is 4.90 Å². The van der Waals surface area contributed by atoms with Crippen LogP contribution < -0.4 is 5.32 Å². The number of nitrogens with zero attached hydrogens (tertiary/aromatic N) is 1. The molecule has 1 aliphatic heterocycles. The molecule has 1 heterocycles. The number of hydrogen-bond donors (Lipinski definition) is 2. The van der Waals surface area contributed by atoms with Gasteiger partial charge in [-0.3, -0.25) is 10.1 Å². The lowest BCUT2D eigenvalue weighted by Gasteiger charge is -2.08. The zero-order valence-electron chi connectivity index (χ0n) is 5.33. The molecule has 0 radical (unpaired) electrons. The molecule has 0 atom stereocenters. The number of nitrogens with one attached hydrogen (secondary N) is 1. The van der Waals surface area contributed by atoms with Gasteiger partial charge in [-0.05, 0) is 0 Å². The Hall–Kier alpha value is -1.10. The molecule has 0 aliphatic carbocycles. The summed E-state index contributed by atoms with van der Waals surface area (Å²) in [7, 11) is 0. The van der Waals surface area contributed by atoms with Gasteiger partial charge in [0.2, 0.25) is 5.91 Å². The highest BCUT2D eigenvalue weighted by atomic mass is 16.3. The second-order valence-electron chi connectivity index (χ2n) is 2.00. The van der Waals surface area contributed by atoms with E-state index >= 15 is 0 Å². The summed E-state index contributed by atoms with van der Waals surface area (Å²) in [6.07, 6.45) is 0. The van der Waals surface area contributed by atoms with Crippen molar-refractivity contribution in [3.05, 3.63) is 0 Å². The molecule has 1 aliphatic rings. The van der Waals surface area contributed by atoms with Gasteiger partial charge >= 0.3 is 6.03 Å². The number of carbonyl (C=O) groups is 2. The maximum absolute atomic E-state index is 10.7. The van der Waals surface area contributed by atoms with Crippen LogP contribution in [0.4, 0.5) is 4.79 Å². The second-order valence-corrected chi connectivity index (χ2v) is 2.00. The molecule has 56 valence electrons. The van der Waals surface area contributed by atoms with Gasteiger partial charge in [0.1, 0.15) is 6.54 Å². The monoisotopic (exact) mass is 144 g/mol. The predicted molar refractivity (Wildman–Crippen MR) is 32.2 cm³/mol. The van der Waals surface area contributed by atoms with Crippen LogP contribution in [-0.4, -0.2) is 41.6 Å². The Morgan fingerprint density at radius 3 is 2.70 bits per heavy atom. The standard InChI is InChI=1S/C5H8N2O3/c8-2-1-7-3-4(9)6-5(7)10/h8H,1-3H2,(H,6,9,10). The first-order valence-corrected chi connectivity index (χ1v) is 2.93. The first-order chi connectivity index (χ1) is 4.74. The van der Waals surface area contributed by atoms with Crippen LogP contribution in [0.1, 0.15) is 0 Å². The minimum absolute atomic E-state index is 0.0688. The molecular formula is C5H8N2O3. The lowest BCUT2D eigenvalue weighted by molar-refractivity contribution is -0.118. The molecule has 0 unspecified atom stereocenters. The van der Waals surface area contributed by atoms with Crippen LogP contribution in [0.15, 0.2) is 0 Å². The summed E-state index contributed by atoms with van der Waals surface area (Å²) in [5, 5.41) is 10.5.